The first-order chi connectivity index (χ1) is 16.5. The number of para-hydroxylation sites is 3. The van der Waals surface area contributed by atoms with Gasteiger partial charge in [-0.25, -0.2) is 0 Å². The number of likely N-dealkylation sites (tertiary alicyclic amines) is 1. The molecule has 2 saturated heterocycles. The second kappa shape index (κ2) is 12.3. The number of benzene rings is 2. The monoisotopic (exact) mass is 500 g/mol. The quantitative estimate of drug-likeness (QED) is 0.491. The van der Waals surface area contributed by atoms with Crippen molar-refractivity contribution >= 4 is 35.6 Å². The summed E-state index contributed by atoms with van der Waals surface area (Å²) in [6, 6.07) is 17.6. The normalized spacial score (nSPS) is 20.7. The highest BCUT2D eigenvalue weighted by Crippen LogP contribution is 2.30. The summed E-state index contributed by atoms with van der Waals surface area (Å²) in [7, 11) is 1.71. The number of amides is 2. The van der Waals surface area contributed by atoms with Crippen molar-refractivity contribution in [2.45, 2.75) is 26.3 Å². The largest absolute Gasteiger partial charge is 0.495 e. The summed E-state index contributed by atoms with van der Waals surface area (Å²) in [5.41, 5.74) is 2.12. The summed E-state index contributed by atoms with van der Waals surface area (Å²) in [5, 5.41) is 0. The van der Waals surface area contributed by atoms with Gasteiger partial charge in [-0.2, -0.15) is 0 Å². The summed E-state index contributed by atoms with van der Waals surface area (Å²) >= 11 is 0. The molecule has 2 aromatic rings. The molecule has 2 aliphatic rings. The molecule has 35 heavy (non-hydrogen) atoms. The SMILES string of the molecule is CCN(c1ccccc1)C1C(=O)N(CCCN2CCN(c3ccccc3OC)CC2)C(=O)C1C.Cl. The number of ether oxygens (including phenoxy) is 1. The van der Waals surface area contributed by atoms with E-state index in [0.29, 0.717) is 13.1 Å². The van der Waals surface area contributed by atoms with E-state index in [0.717, 1.165) is 56.3 Å². The van der Waals surface area contributed by atoms with E-state index in [4.69, 9.17) is 4.74 Å². The fraction of sp³-hybridized carbons (Fsp3) is 0.481. The minimum atomic E-state index is -0.427. The lowest BCUT2D eigenvalue weighted by Gasteiger charge is -2.36. The average molecular weight is 501 g/mol. The van der Waals surface area contributed by atoms with E-state index in [1.807, 2.05) is 62.4 Å². The van der Waals surface area contributed by atoms with Gasteiger partial charge in [-0.15, -0.1) is 12.4 Å². The molecule has 2 amide bonds. The molecule has 7 nitrogen and oxygen atoms in total. The number of nitrogens with zero attached hydrogens (tertiary/aromatic N) is 4. The van der Waals surface area contributed by atoms with E-state index in [2.05, 4.69) is 20.8 Å². The molecular formula is C27H37ClN4O3. The van der Waals surface area contributed by atoms with Gasteiger partial charge in [0, 0.05) is 45.0 Å². The molecule has 0 aliphatic carbocycles. The second-order valence-electron chi connectivity index (χ2n) is 9.04. The lowest BCUT2D eigenvalue weighted by atomic mass is 10.0. The van der Waals surface area contributed by atoms with E-state index in [-0.39, 0.29) is 30.1 Å². The van der Waals surface area contributed by atoms with Gasteiger partial charge in [0.1, 0.15) is 11.8 Å². The van der Waals surface area contributed by atoms with Gasteiger partial charge in [-0.1, -0.05) is 37.3 Å². The van der Waals surface area contributed by atoms with Crippen molar-refractivity contribution in [2.24, 2.45) is 5.92 Å². The molecule has 0 N–H and O–H groups in total. The van der Waals surface area contributed by atoms with Crippen LogP contribution in [0.1, 0.15) is 20.3 Å². The number of hydrogen-bond acceptors (Lipinski definition) is 6. The number of carbonyl (C=O) groups is 2. The Morgan fingerprint density at radius 1 is 0.914 bits per heavy atom. The predicted octanol–water partition coefficient (Wildman–Crippen LogP) is 3.53. The molecular weight excluding hydrogens is 464 g/mol. The molecule has 0 spiro atoms. The van der Waals surface area contributed by atoms with Crippen molar-refractivity contribution in [3.05, 3.63) is 54.6 Å². The molecule has 0 saturated carbocycles. The lowest BCUT2D eigenvalue weighted by Crippen LogP contribution is -2.47. The van der Waals surface area contributed by atoms with E-state index in [9.17, 15) is 9.59 Å². The molecule has 2 atom stereocenters. The van der Waals surface area contributed by atoms with Gasteiger partial charge in [0.05, 0.1) is 18.7 Å². The van der Waals surface area contributed by atoms with Crippen LogP contribution in [0.25, 0.3) is 0 Å². The standard InChI is InChI=1S/C27H36N4O3.ClH/c1-4-30(22-11-6-5-7-12-22)25-21(2)26(32)31(27(25)33)16-10-15-28-17-19-29(20-18-28)23-13-8-9-14-24(23)34-3;/h5-9,11-14,21,25H,4,10,15-20H2,1-3H3;1H. The maximum atomic E-state index is 13.3. The van der Waals surface area contributed by atoms with Gasteiger partial charge in [0.25, 0.3) is 5.91 Å². The molecule has 0 bridgehead atoms. The first-order valence-corrected chi connectivity index (χ1v) is 12.3. The smallest absolute Gasteiger partial charge is 0.252 e. The van der Waals surface area contributed by atoms with Gasteiger partial charge >= 0.3 is 0 Å². The molecule has 2 heterocycles. The second-order valence-corrected chi connectivity index (χ2v) is 9.04. The van der Waals surface area contributed by atoms with Gasteiger partial charge in [-0.3, -0.25) is 19.4 Å². The number of carbonyl (C=O) groups excluding carboxylic acids is 2. The third-order valence-corrected chi connectivity index (χ3v) is 7.07. The van der Waals surface area contributed by atoms with Crippen molar-refractivity contribution < 1.29 is 14.3 Å². The van der Waals surface area contributed by atoms with Gasteiger partial charge in [-0.05, 0) is 44.2 Å². The van der Waals surface area contributed by atoms with Crippen molar-refractivity contribution in [3.8, 4) is 5.75 Å². The Bertz CT molecular complexity index is 981. The molecule has 0 aromatic heterocycles. The molecule has 190 valence electrons. The van der Waals surface area contributed by atoms with Crippen molar-refractivity contribution in [3.63, 3.8) is 0 Å². The summed E-state index contributed by atoms with van der Waals surface area (Å²) in [5.74, 6) is 0.453. The van der Waals surface area contributed by atoms with Crippen molar-refractivity contribution in [2.75, 3.05) is 62.7 Å². The Hall–Kier alpha value is -2.77. The molecule has 8 heteroatoms. The number of piperazine rings is 1. The first-order valence-electron chi connectivity index (χ1n) is 12.3. The van der Waals surface area contributed by atoms with Crippen LogP contribution in [0.5, 0.6) is 5.75 Å². The van der Waals surface area contributed by atoms with Crippen molar-refractivity contribution in [1.29, 1.82) is 0 Å². The topological polar surface area (TPSA) is 56.3 Å². The fourth-order valence-corrected chi connectivity index (χ4v) is 5.20. The zero-order valence-electron chi connectivity index (χ0n) is 20.9. The molecule has 2 fully saturated rings. The molecule has 2 aromatic carbocycles. The zero-order chi connectivity index (χ0) is 24.1. The van der Waals surface area contributed by atoms with Crippen LogP contribution >= 0.6 is 12.4 Å². The van der Waals surface area contributed by atoms with Crippen LogP contribution in [0, 0.1) is 5.92 Å². The number of anilines is 2. The first kappa shape index (κ1) is 26.8. The van der Waals surface area contributed by atoms with Crippen LogP contribution in [0.4, 0.5) is 11.4 Å². The highest BCUT2D eigenvalue weighted by atomic mass is 35.5. The Kier molecular flexibility index (Phi) is 9.40. The summed E-state index contributed by atoms with van der Waals surface area (Å²) in [6.45, 7) is 9.74. The van der Waals surface area contributed by atoms with Crippen LogP contribution in [-0.4, -0.2) is 80.6 Å². The Morgan fingerprint density at radius 3 is 2.23 bits per heavy atom. The van der Waals surface area contributed by atoms with E-state index in [1.165, 1.54) is 4.90 Å². The van der Waals surface area contributed by atoms with Gasteiger partial charge < -0.3 is 14.5 Å². The maximum Gasteiger partial charge on any atom is 0.252 e. The maximum absolute atomic E-state index is 13.3. The van der Waals surface area contributed by atoms with Crippen LogP contribution < -0.4 is 14.5 Å². The number of imide groups is 1. The molecule has 0 radical (unpaired) electrons. The Labute approximate surface area is 215 Å². The van der Waals surface area contributed by atoms with Gasteiger partial charge in [0.15, 0.2) is 0 Å². The average Bonchev–Trinajstić information content (AvgIpc) is 3.09. The van der Waals surface area contributed by atoms with Crippen molar-refractivity contribution in [1.82, 2.24) is 9.80 Å². The summed E-state index contributed by atoms with van der Waals surface area (Å²) < 4.78 is 5.51. The fourth-order valence-electron chi connectivity index (χ4n) is 5.20. The minimum Gasteiger partial charge on any atom is -0.495 e. The number of likely N-dealkylation sites (N-methyl/N-ethyl adjacent to an activating group) is 1. The van der Waals surface area contributed by atoms with E-state index < -0.39 is 6.04 Å². The highest BCUT2D eigenvalue weighted by Gasteiger charge is 2.47. The van der Waals surface area contributed by atoms with Crippen LogP contribution in [-0.2, 0) is 9.59 Å². The molecule has 2 aliphatic heterocycles. The highest BCUT2D eigenvalue weighted by molar-refractivity contribution is 6.08. The van der Waals surface area contributed by atoms with Crippen LogP contribution in [0.15, 0.2) is 54.6 Å². The number of rotatable bonds is 9. The predicted molar refractivity (Wildman–Crippen MR) is 143 cm³/mol. The van der Waals surface area contributed by atoms with Crippen LogP contribution in [0.2, 0.25) is 0 Å². The summed E-state index contributed by atoms with van der Waals surface area (Å²) in [6.07, 6.45) is 0.795. The molecule has 2 unspecified atom stereocenters. The Morgan fingerprint density at radius 2 is 1.57 bits per heavy atom. The Balaban J connectivity index is 0.00000342. The van der Waals surface area contributed by atoms with Crippen LogP contribution in [0.3, 0.4) is 0 Å². The lowest BCUT2D eigenvalue weighted by molar-refractivity contribution is -0.139. The minimum absolute atomic E-state index is 0. The third kappa shape index (κ3) is 5.73. The number of halogens is 1. The van der Waals surface area contributed by atoms with E-state index >= 15 is 0 Å². The third-order valence-electron chi connectivity index (χ3n) is 7.07. The zero-order valence-corrected chi connectivity index (χ0v) is 21.7. The summed E-state index contributed by atoms with van der Waals surface area (Å²) in [4.78, 5) is 34.6. The van der Waals surface area contributed by atoms with Gasteiger partial charge in [0.2, 0.25) is 5.91 Å². The number of hydrogen-bond donors (Lipinski definition) is 0. The van der Waals surface area contributed by atoms with E-state index in [1.54, 1.807) is 7.11 Å². The molecule has 4 rings (SSSR count). The number of methoxy groups -OCH3 is 1.